The van der Waals surface area contributed by atoms with Gasteiger partial charge in [-0.3, -0.25) is 14.4 Å². The Bertz CT molecular complexity index is 1400. The number of amides is 3. The van der Waals surface area contributed by atoms with Crippen LogP contribution in [-0.2, 0) is 19.8 Å². The van der Waals surface area contributed by atoms with Crippen LogP contribution in [0.3, 0.4) is 0 Å². The summed E-state index contributed by atoms with van der Waals surface area (Å²) >= 11 is 0. The van der Waals surface area contributed by atoms with E-state index < -0.39 is 17.5 Å². The monoisotopic (exact) mass is 648 g/mol. The number of unbranched alkanes of at least 4 members (excludes halogenated alkanes) is 1. The Morgan fingerprint density at radius 2 is 1.25 bits per heavy atom. The fourth-order valence-electron chi connectivity index (χ4n) is 8.38. The molecule has 0 unspecified atom stereocenters. The van der Waals surface area contributed by atoms with Gasteiger partial charge in [-0.1, -0.05) is 104 Å². The quantitative estimate of drug-likeness (QED) is 0.244. The van der Waals surface area contributed by atoms with Crippen molar-refractivity contribution in [2.75, 3.05) is 39.3 Å². The molecule has 0 bridgehead atoms. The molecule has 3 saturated heterocycles. The average Bonchev–Trinajstić information content (AvgIpc) is 3.84. The summed E-state index contributed by atoms with van der Waals surface area (Å²) < 4.78 is 0. The largest absolute Gasteiger partial charge is 0.354 e. The molecule has 3 aromatic rings. The van der Waals surface area contributed by atoms with Crippen molar-refractivity contribution in [2.45, 2.75) is 82.2 Å². The molecular formula is C41H52N4O3. The van der Waals surface area contributed by atoms with E-state index in [2.05, 4.69) is 53.5 Å². The van der Waals surface area contributed by atoms with E-state index in [0.717, 1.165) is 55.6 Å². The minimum Gasteiger partial charge on any atom is -0.354 e. The highest BCUT2D eigenvalue weighted by molar-refractivity contribution is 5.93. The third-order valence-corrected chi connectivity index (χ3v) is 10.9. The van der Waals surface area contributed by atoms with Crippen molar-refractivity contribution in [3.63, 3.8) is 0 Å². The Hall–Kier alpha value is -3.97. The van der Waals surface area contributed by atoms with Crippen LogP contribution in [0.25, 0.3) is 0 Å². The molecule has 254 valence electrons. The number of rotatable bonds is 12. The number of likely N-dealkylation sites (tertiary alicyclic amines) is 3. The van der Waals surface area contributed by atoms with Gasteiger partial charge in [0, 0.05) is 32.6 Å². The summed E-state index contributed by atoms with van der Waals surface area (Å²) in [5, 5.41) is 3.23. The van der Waals surface area contributed by atoms with E-state index >= 15 is 0 Å². The first kappa shape index (κ1) is 33.9. The molecule has 1 N–H and O–H groups in total. The van der Waals surface area contributed by atoms with Gasteiger partial charge in [0.15, 0.2) is 0 Å². The van der Waals surface area contributed by atoms with Gasteiger partial charge in [0.1, 0.15) is 12.1 Å². The molecule has 3 fully saturated rings. The van der Waals surface area contributed by atoms with Crippen molar-refractivity contribution >= 4 is 17.7 Å². The van der Waals surface area contributed by atoms with Crippen LogP contribution in [0.5, 0.6) is 0 Å². The van der Waals surface area contributed by atoms with E-state index in [0.29, 0.717) is 38.4 Å². The molecule has 0 saturated carbocycles. The summed E-state index contributed by atoms with van der Waals surface area (Å²) in [4.78, 5) is 48.5. The molecule has 7 nitrogen and oxygen atoms in total. The number of hydrogen-bond acceptors (Lipinski definition) is 4. The van der Waals surface area contributed by atoms with Gasteiger partial charge >= 0.3 is 0 Å². The standard InChI is InChI=1S/C41H52N4O3/c1-2-3-25-43-26-13-16-32(31-43)30-42-39(47)36-23-14-28-45(36)40(48)37-24-15-27-44(37)38(46)29-41(33-17-7-4-8-18-33,34-19-9-5-10-20-34)35-21-11-6-12-22-35/h4-12,17-22,32,36-37H,2-3,13-16,23-31H2,1H3,(H,42,47)/t32-,36-,37+/m1/s1. The summed E-state index contributed by atoms with van der Waals surface area (Å²) in [5.41, 5.74) is 2.40. The van der Waals surface area contributed by atoms with Crippen molar-refractivity contribution in [1.29, 1.82) is 0 Å². The SMILES string of the molecule is CCCCN1CCC[C@H](CNC(=O)[C@H]2CCCN2C(=O)[C@@H]2CCCN2C(=O)CC(c2ccccc2)(c2ccccc2)c2ccccc2)C1. The summed E-state index contributed by atoms with van der Waals surface area (Å²) in [6.07, 6.45) is 7.79. The van der Waals surface area contributed by atoms with Crippen LogP contribution in [0.2, 0.25) is 0 Å². The number of nitrogens with one attached hydrogen (secondary N) is 1. The van der Waals surface area contributed by atoms with Crippen molar-refractivity contribution in [3.8, 4) is 0 Å². The van der Waals surface area contributed by atoms with E-state index in [9.17, 15) is 14.4 Å². The molecule has 3 atom stereocenters. The Morgan fingerprint density at radius 1 is 0.708 bits per heavy atom. The lowest BCUT2D eigenvalue weighted by molar-refractivity contribution is -0.146. The Labute approximate surface area is 286 Å². The first-order valence-electron chi connectivity index (χ1n) is 18.3. The second kappa shape index (κ2) is 16.0. The van der Waals surface area contributed by atoms with E-state index in [-0.39, 0.29) is 24.1 Å². The summed E-state index contributed by atoms with van der Waals surface area (Å²) in [7, 11) is 0. The molecule has 6 rings (SSSR count). The predicted molar refractivity (Wildman–Crippen MR) is 190 cm³/mol. The minimum absolute atomic E-state index is 0.0347. The fraction of sp³-hybridized carbons (Fsp3) is 0.488. The van der Waals surface area contributed by atoms with E-state index in [4.69, 9.17) is 0 Å². The fourth-order valence-corrected chi connectivity index (χ4v) is 8.38. The van der Waals surface area contributed by atoms with Gasteiger partial charge in [-0.25, -0.2) is 0 Å². The van der Waals surface area contributed by atoms with Crippen molar-refractivity contribution in [1.82, 2.24) is 20.0 Å². The molecule has 0 radical (unpaired) electrons. The average molecular weight is 649 g/mol. The van der Waals surface area contributed by atoms with Crippen molar-refractivity contribution in [3.05, 3.63) is 108 Å². The van der Waals surface area contributed by atoms with Gasteiger partial charge in [0.05, 0.1) is 5.41 Å². The second-order valence-corrected chi connectivity index (χ2v) is 14.0. The van der Waals surface area contributed by atoms with Gasteiger partial charge in [0.2, 0.25) is 17.7 Å². The van der Waals surface area contributed by atoms with Gasteiger partial charge in [0.25, 0.3) is 0 Å². The number of hydrogen-bond donors (Lipinski definition) is 1. The highest BCUT2D eigenvalue weighted by atomic mass is 16.2. The van der Waals surface area contributed by atoms with Crippen molar-refractivity contribution in [2.24, 2.45) is 5.92 Å². The van der Waals surface area contributed by atoms with E-state index in [1.165, 1.54) is 19.3 Å². The first-order chi connectivity index (χ1) is 23.5. The topological polar surface area (TPSA) is 73.0 Å². The molecule has 48 heavy (non-hydrogen) atoms. The summed E-state index contributed by atoms with van der Waals surface area (Å²) in [6.45, 7) is 7.30. The molecule has 7 heteroatoms. The zero-order valence-corrected chi connectivity index (χ0v) is 28.6. The van der Waals surface area contributed by atoms with Crippen LogP contribution in [0.15, 0.2) is 91.0 Å². The van der Waals surface area contributed by atoms with Crippen LogP contribution in [0.4, 0.5) is 0 Å². The maximum Gasteiger partial charge on any atom is 0.246 e. The highest BCUT2D eigenvalue weighted by Gasteiger charge is 2.45. The van der Waals surface area contributed by atoms with Crippen molar-refractivity contribution < 1.29 is 14.4 Å². The maximum absolute atomic E-state index is 14.6. The zero-order valence-electron chi connectivity index (χ0n) is 28.6. The summed E-state index contributed by atoms with van der Waals surface area (Å²) in [6, 6.07) is 29.8. The van der Waals surface area contributed by atoms with Gasteiger partial charge in [-0.2, -0.15) is 0 Å². The number of benzene rings is 3. The number of nitrogens with zero attached hydrogens (tertiary/aromatic N) is 3. The lowest BCUT2D eigenvalue weighted by Gasteiger charge is -2.38. The Kier molecular flexibility index (Phi) is 11.3. The lowest BCUT2D eigenvalue weighted by Crippen LogP contribution is -2.54. The number of carbonyl (C=O) groups is 3. The third kappa shape index (κ3) is 7.36. The number of piperidine rings is 1. The van der Waals surface area contributed by atoms with Crippen LogP contribution in [0, 0.1) is 5.92 Å². The highest BCUT2D eigenvalue weighted by Crippen LogP contribution is 2.43. The van der Waals surface area contributed by atoms with Crippen LogP contribution in [0.1, 0.15) is 81.4 Å². The molecule has 3 amide bonds. The van der Waals surface area contributed by atoms with E-state index in [1.54, 1.807) is 4.90 Å². The van der Waals surface area contributed by atoms with Gasteiger partial charge in [-0.05, 0) is 80.6 Å². The number of carbonyl (C=O) groups excluding carboxylic acids is 3. The Balaban J connectivity index is 1.18. The van der Waals surface area contributed by atoms with Crippen LogP contribution in [-0.4, -0.2) is 83.8 Å². The molecule has 3 aliphatic heterocycles. The van der Waals surface area contributed by atoms with Gasteiger partial charge < -0.3 is 20.0 Å². The zero-order chi connectivity index (χ0) is 33.3. The van der Waals surface area contributed by atoms with Crippen LogP contribution >= 0.6 is 0 Å². The molecule has 3 aliphatic rings. The molecule has 0 aliphatic carbocycles. The minimum atomic E-state index is -0.724. The maximum atomic E-state index is 14.6. The smallest absolute Gasteiger partial charge is 0.246 e. The molecule has 3 aromatic carbocycles. The molecule has 0 aromatic heterocycles. The normalized spacial score (nSPS) is 21.7. The second-order valence-electron chi connectivity index (χ2n) is 14.0. The lowest BCUT2D eigenvalue weighted by atomic mass is 9.67. The molecule has 3 heterocycles. The third-order valence-electron chi connectivity index (χ3n) is 10.9. The van der Waals surface area contributed by atoms with E-state index in [1.807, 2.05) is 59.5 Å². The summed E-state index contributed by atoms with van der Waals surface area (Å²) in [5.74, 6) is 0.296. The predicted octanol–water partition coefficient (Wildman–Crippen LogP) is 6.02. The Morgan fingerprint density at radius 3 is 1.83 bits per heavy atom. The molecular weight excluding hydrogens is 596 g/mol. The van der Waals surface area contributed by atoms with Crippen LogP contribution < -0.4 is 5.32 Å². The molecule has 0 spiro atoms. The van der Waals surface area contributed by atoms with Gasteiger partial charge in [-0.15, -0.1) is 0 Å². The first-order valence-corrected chi connectivity index (χ1v) is 18.3.